The molecule has 5 rings (SSSR count). The standard InChI is InChI=1S/C22H21N7/c23-22-27-18-8-7-17(26-21(18)20(28-22)15-4-2-1-3-5-15)16-6-9-19(25-14-16)29-12-10-24-11-13-29/h1-9,14,24H,10-13H2,(H2,23,27,28). The number of hydrogen-bond acceptors (Lipinski definition) is 7. The van der Waals surface area contributed by atoms with E-state index in [4.69, 9.17) is 10.7 Å². The van der Waals surface area contributed by atoms with Gasteiger partial charge in [0.2, 0.25) is 5.95 Å². The number of benzene rings is 1. The molecule has 1 saturated heterocycles. The van der Waals surface area contributed by atoms with Crippen LogP contribution >= 0.6 is 0 Å². The second kappa shape index (κ2) is 7.44. The van der Waals surface area contributed by atoms with Gasteiger partial charge in [0.15, 0.2) is 0 Å². The van der Waals surface area contributed by atoms with Gasteiger partial charge in [0, 0.05) is 43.5 Å². The highest BCUT2D eigenvalue weighted by Crippen LogP contribution is 2.28. The Labute approximate surface area is 168 Å². The number of fused-ring (bicyclic) bond motifs is 1. The molecule has 3 aromatic heterocycles. The zero-order valence-corrected chi connectivity index (χ0v) is 15.9. The van der Waals surface area contributed by atoms with Gasteiger partial charge in [0.05, 0.1) is 11.2 Å². The highest BCUT2D eigenvalue weighted by molar-refractivity contribution is 5.91. The van der Waals surface area contributed by atoms with Crippen LogP contribution in [0.3, 0.4) is 0 Å². The maximum atomic E-state index is 5.93. The van der Waals surface area contributed by atoms with Crippen LogP contribution in [0, 0.1) is 0 Å². The summed E-state index contributed by atoms with van der Waals surface area (Å²) in [6.45, 7) is 3.92. The van der Waals surface area contributed by atoms with Crippen molar-refractivity contribution in [2.45, 2.75) is 0 Å². The smallest absolute Gasteiger partial charge is 0.221 e. The second-order valence-electron chi connectivity index (χ2n) is 7.00. The lowest BCUT2D eigenvalue weighted by Gasteiger charge is -2.28. The van der Waals surface area contributed by atoms with Crippen molar-refractivity contribution in [2.24, 2.45) is 0 Å². The highest BCUT2D eigenvalue weighted by Gasteiger charge is 2.14. The van der Waals surface area contributed by atoms with E-state index in [0.29, 0.717) is 0 Å². The number of nitrogens with two attached hydrogens (primary N) is 1. The number of anilines is 2. The van der Waals surface area contributed by atoms with Crippen LogP contribution in [0.4, 0.5) is 11.8 Å². The number of nitrogens with zero attached hydrogens (tertiary/aromatic N) is 5. The Balaban J connectivity index is 1.55. The van der Waals surface area contributed by atoms with Gasteiger partial charge in [-0.15, -0.1) is 0 Å². The Hall–Kier alpha value is -3.58. The number of nitrogens with one attached hydrogen (secondary N) is 1. The van der Waals surface area contributed by atoms with Crippen LogP contribution in [0.5, 0.6) is 0 Å². The molecule has 1 aliphatic rings. The van der Waals surface area contributed by atoms with Crippen molar-refractivity contribution in [3.8, 4) is 22.5 Å². The first-order chi connectivity index (χ1) is 14.3. The minimum absolute atomic E-state index is 0.243. The molecule has 1 fully saturated rings. The van der Waals surface area contributed by atoms with E-state index in [2.05, 4.69) is 37.3 Å². The summed E-state index contributed by atoms with van der Waals surface area (Å²) in [5, 5.41) is 3.36. The molecule has 4 aromatic rings. The Morgan fingerprint density at radius 2 is 1.66 bits per heavy atom. The summed E-state index contributed by atoms with van der Waals surface area (Å²) < 4.78 is 0. The molecule has 29 heavy (non-hydrogen) atoms. The average Bonchev–Trinajstić information content (AvgIpc) is 2.79. The van der Waals surface area contributed by atoms with Crippen molar-refractivity contribution in [1.82, 2.24) is 25.3 Å². The van der Waals surface area contributed by atoms with Crippen LogP contribution in [0.15, 0.2) is 60.8 Å². The Bertz CT molecular complexity index is 1140. The molecule has 0 amide bonds. The van der Waals surface area contributed by atoms with Crippen LogP contribution in [-0.2, 0) is 0 Å². The molecular formula is C22H21N7. The maximum absolute atomic E-state index is 5.93. The fourth-order valence-electron chi connectivity index (χ4n) is 3.61. The summed E-state index contributed by atoms with van der Waals surface area (Å²) in [4.78, 5) is 20.6. The molecule has 0 atom stereocenters. The van der Waals surface area contributed by atoms with Crippen molar-refractivity contribution in [3.63, 3.8) is 0 Å². The number of aromatic nitrogens is 4. The highest BCUT2D eigenvalue weighted by atomic mass is 15.2. The molecule has 0 radical (unpaired) electrons. The van der Waals surface area contributed by atoms with Crippen molar-refractivity contribution in [1.29, 1.82) is 0 Å². The fourth-order valence-corrected chi connectivity index (χ4v) is 3.61. The number of pyridine rings is 2. The van der Waals surface area contributed by atoms with Gasteiger partial charge in [0.1, 0.15) is 17.0 Å². The fraction of sp³-hybridized carbons (Fsp3) is 0.182. The average molecular weight is 383 g/mol. The normalized spacial score (nSPS) is 14.3. The van der Waals surface area contributed by atoms with E-state index in [-0.39, 0.29) is 5.95 Å². The Morgan fingerprint density at radius 3 is 2.41 bits per heavy atom. The molecule has 3 N–H and O–H groups in total. The molecule has 1 aromatic carbocycles. The number of piperazine rings is 1. The van der Waals surface area contributed by atoms with Crippen molar-refractivity contribution in [3.05, 3.63) is 60.8 Å². The topological polar surface area (TPSA) is 92.8 Å². The Kier molecular flexibility index (Phi) is 4.50. The first-order valence-electron chi connectivity index (χ1n) is 9.70. The maximum Gasteiger partial charge on any atom is 0.221 e. The van der Waals surface area contributed by atoms with Gasteiger partial charge in [0.25, 0.3) is 0 Å². The van der Waals surface area contributed by atoms with Gasteiger partial charge >= 0.3 is 0 Å². The minimum Gasteiger partial charge on any atom is -0.368 e. The lowest BCUT2D eigenvalue weighted by Crippen LogP contribution is -2.43. The van der Waals surface area contributed by atoms with E-state index < -0.39 is 0 Å². The predicted molar refractivity (Wildman–Crippen MR) is 115 cm³/mol. The van der Waals surface area contributed by atoms with Gasteiger partial charge in [-0.25, -0.2) is 19.9 Å². The molecule has 7 heteroatoms. The monoisotopic (exact) mass is 383 g/mol. The number of nitrogen functional groups attached to an aromatic ring is 1. The lowest BCUT2D eigenvalue weighted by molar-refractivity contribution is 0.585. The first kappa shape index (κ1) is 17.5. The van der Waals surface area contributed by atoms with Crippen molar-refractivity contribution >= 4 is 22.8 Å². The van der Waals surface area contributed by atoms with Crippen molar-refractivity contribution in [2.75, 3.05) is 36.8 Å². The predicted octanol–water partition coefficient (Wildman–Crippen LogP) is 2.75. The van der Waals surface area contributed by atoms with E-state index in [1.54, 1.807) is 0 Å². The van der Waals surface area contributed by atoms with E-state index in [0.717, 1.165) is 65.5 Å². The summed E-state index contributed by atoms with van der Waals surface area (Å²) in [6.07, 6.45) is 1.88. The molecule has 0 unspecified atom stereocenters. The zero-order chi connectivity index (χ0) is 19.6. The number of rotatable bonds is 3. The summed E-state index contributed by atoms with van der Waals surface area (Å²) in [5.74, 6) is 1.24. The van der Waals surface area contributed by atoms with Gasteiger partial charge in [-0.05, 0) is 24.3 Å². The van der Waals surface area contributed by atoms with E-state index in [1.807, 2.05) is 48.7 Å². The van der Waals surface area contributed by atoms with Crippen LogP contribution in [0.1, 0.15) is 0 Å². The van der Waals surface area contributed by atoms with Crippen LogP contribution < -0.4 is 16.0 Å². The molecule has 144 valence electrons. The molecule has 0 spiro atoms. The largest absolute Gasteiger partial charge is 0.368 e. The van der Waals surface area contributed by atoms with Gasteiger partial charge < -0.3 is 16.0 Å². The lowest BCUT2D eigenvalue weighted by atomic mass is 10.1. The minimum atomic E-state index is 0.243. The van der Waals surface area contributed by atoms with E-state index >= 15 is 0 Å². The summed E-state index contributed by atoms with van der Waals surface area (Å²) >= 11 is 0. The Morgan fingerprint density at radius 1 is 0.828 bits per heavy atom. The molecule has 1 aliphatic heterocycles. The molecule has 0 aliphatic carbocycles. The second-order valence-corrected chi connectivity index (χ2v) is 7.00. The quantitative estimate of drug-likeness (QED) is 0.562. The zero-order valence-electron chi connectivity index (χ0n) is 15.9. The van der Waals surface area contributed by atoms with Gasteiger partial charge in [-0.3, -0.25) is 0 Å². The summed E-state index contributed by atoms with van der Waals surface area (Å²) in [7, 11) is 0. The van der Waals surface area contributed by atoms with Crippen LogP contribution in [0.2, 0.25) is 0 Å². The third kappa shape index (κ3) is 3.48. The SMILES string of the molecule is Nc1nc(-c2ccccc2)c2nc(-c3ccc(N4CCNCC4)nc3)ccc2n1. The molecular weight excluding hydrogens is 362 g/mol. The van der Waals surface area contributed by atoms with Crippen LogP contribution in [-0.4, -0.2) is 46.1 Å². The third-order valence-electron chi connectivity index (χ3n) is 5.09. The van der Waals surface area contributed by atoms with Crippen LogP contribution in [0.25, 0.3) is 33.5 Å². The molecule has 0 bridgehead atoms. The van der Waals surface area contributed by atoms with Gasteiger partial charge in [-0.1, -0.05) is 30.3 Å². The number of hydrogen-bond donors (Lipinski definition) is 2. The molecule has 4 heterocycles. The molecule has 0 saturated carbocycles. The summed E-state index contributed by atoms with van der Waals surface area (Å²) in [5.41, 5.74) is 10.9. The van der Waals surface area contributed by atoms with Gasteiger partial charge in [-0.2, -0.15) is 0 Å². The molecule has 7 nitrogen and oxygen atoms in total. The third-order valence-corrected chi connectivity index (χ3v) is 5.09. The van der Waals surface area contributed by atoms with E-state index in [1.165, 1.54) is 0 Å². The van der Waals surface area contributed by atoms with E-state index in [9.17, 15) is 0 Å². The first-order valence-corrected chi connectivity index (χ1v) is 9.70. The summed E-state index contributed by atoms with van der Waals surface area (Å²) in [6, 6.07) is 17.9. The van der Waals surface area contributed by atoms with Crippen molar-refractivity contribution < 1.29 is 0 Å².